The van der Waals surface area contributed by atoms with E-state index in [1.54, 1.807) is 7.11 Å². The number of methoxy groups -OCH3 is 1. The molecule has 0 spiro atoms. The van der Waals surface area contributed by atoms with Crippen LogP contribution in [-0.2, 0) is 6.54 Å². The van der Waals surface area contributed by atoms with Gasteiger partial charge in [0.05, 0.1) is 18.4 Å². The molecule has 2 aliphatic rings. The third kappa shape index (κ3) is 3.24. The molecule has 2 fully saturated rings. The molecule has 8 heteroatoms. The molecule has 1 amide bonds. The van der Waals surface area contributed by atoms with Gasteiger partial charge in [-0.3, -0.25) is 9.48 Å². The van der Waals surface area contributed by atoms with Crippen LogP contribution in [0.25, 0.3) is 0 Å². The molecule has 2 saturated heterocycles. The number of fused-ring (bicyclic) bond motifs is 1. The van der Waals surface area contributed by atoms with E-state index < -0.39 is 0 Å². The lowest BCUT2D eigenvalue weighted by Crippen LogP contribution is -2.33. The van der Waals surface area contributed by atoms with E-state index in [0.29, 0.717) is 17.8 Å². The maximum absolute atomic E-state index is 12.9. The number of likely N-dealkylation sites (tertiary alicyclic amines) is 1. The average Bonchev–Trinajstić information content (AvgIpc) is 3.33. The van der Waals surface area contributed by atoms with Gasteiger partial charge in [0.1, 0.15) is 5.82 Å². The van der Waals surface area contributed by atoms with Crippen molar-refractivity contribution in [3.63, 3.8) is 0 Å². The van der Waals surface area contributed by atoms with Gasteiger partial charge in [0, 0.05) is 62.5 Å². The van der Waals surface area contributed by atoms with Crippen LogP contribution in [0.15, 0.2) is 12.3 Å². The van der Waals surface area contributed by atoms with Crippen molar-refractivity contribution < 1.29 is 9.53 Å². The summed E-state index contributed by atoms with van der Waals surface area (Å²) in [6.45, 7) is 10.0. The second kappa shape index (κ2) is 6.83. The summed E-state index contributed by atoms with van der Waals surface area (Å²) in [7, 11) is 1.59. The van der Waals surface area contributed by atoms with Crippen molar-refractivity contribution in [1.29, 1.82) is 0 Å². The van der Waals surface area contributed by atoms with Crippen LogP contribution in [-0.4, -0.2) is 63.8 Å². The van der Waals surface area contributed by atoms with Gasteiger partial charge in [-0.25, -0.2) is 4.98 Å². The van der Waals surface area contributed by atoms with E-state index in [4.69, 9.17) is 4.74 Å². The number of nitrogens with zero attached hydrogens (tertiary/aromatic N) is 6. The largest absolute Gasteiger partial charge is 0.467 e. The van der Waals surface area contributed by atoms with Gasteiger partial charge in [-0.1, -0.05) is 0 Å². The molecule has 0 aliphatic carbocycles. The minimum Gasteiger partial charge on any atom is -0.467 e. The molecule has 0 aromatic carbocycles. The average molecular weight is 370 g/mol. The first kappa shape index (κ1) is 17.8. The van der Waals surface area contributed by atoms with Gasteiger partial charge in [-0.05, 0) is 20.8 Å². The Morgan fingerprint density at radius 1 is 1.19 bits per heavy atom. The Morgan fingerprint density at radius 3 is 2.48 bits per heavy atom. The van der Waals surface area contributed by atoms with Gasteiger partial charge in [0.2, 0.25) is 0 Å². The molecule has 4 heterocycles. The number of aryl methyl sites for hydroxylation is 3. The van der Waals surface area contributed by atoms with Crippen molar-refractivity contribution in [2.75, 3.05) is 38.2 Å². The molecule has 4 rings (SSSR count). The minimum absolute atomic E-state index is 0.104. The normalized spacial score (nSPS) is 21.6. The van der Waals surface area contributed by atoms with E-state index in [-0.39, 0.29) is 5.91 Å². The number of hydrogen-bond donors (Lipinski definition) is 0. The topological polar surface area (TPSA) is 76.4 Å². The van der Waals surface area contributed by atoms with Crippen LogP contribution < -0.4 is 9.64 Å². The predicted molar refractivity (Wildman–Crippen MR) is 101 cm³/mol. The molecule has 0 saturated carbocycles. The minimum atomic E-state index is 0.104. The molecule has 0 unspecified atom stereocenters. The van der Waals surface area contributed by atoms with Gasteiger partial charge in [-0.2, -0.15) is 10.1 Å². The summed E-state index contributed by atoms with van der Waals surface area (Å²) in [5, 5.41) is 4.40. The van der Waals surface area contributed by atoms with E-state index in [0.717, 1.165) is 55.5 Å². The Balaban J connectivity index is 1.44. The van der Waals surface area contributed by atoms with Crippen LogP contribution in [0.4, 0.5) is 5.82 Å². The third-order valence-electron chi connectivity index (χ3n) is 5.60. The number of carbonyl (C=O) groups is 1. The lowest BCUT2D eigenvalue weighted by molar-refractivity contribution is 0.0782. The first-order valence-corrected chi connectivity index (χ1v) is 9.46. The smallest absolute Gasteiger partial charge is 0.318 e. The van der Waals surface area contributed by atoms with Crippen molar-refractivity contribution in [2.45, 2.75) is 27.3 Å². The van der Waals surface area contributed by atoms with Crippen LogP contribution in [0, 0.1) is 25.7 Å². The van der Waals surface area contributed by atoms with Gasteiger partial charge < -0.3 is 14.5 Å². The molecule has 2 aromatic heterocycles. The summed E-state index contributed by atoms with van der Waals surface area (Å²) in [4.78, 5) is 26.0. The fourth-order valence-corrected chi connectivity index (χ4v) is 4.18. The summed E-state index contributed by atoms with van der Waals surface area (Å²) in [6.07, 6.45) is 1.87. The maximum atomic E-state index is 12.9. The van der Waals surface area contributed by atoms with Crippen LogP contribution in [0.3, 0.4) is 0 Å². The second-order valence-electron chi connectivity index (χ2n) is 7.47. The van der Waals surface area contributed by atoms with Gasteiger partial charge in [0.15, 0.2) is 0 Å². The highest BCUT2D eigenvalue weighted by molar-refractivity contribution is 5.95. The first-order chi connectivity index (χ1) is 13.0. The lowest BCUT2D eigenvalue weighted by atomic mass is 10.0. The summed E-state index contributed by atoms with van der Waals surface area (Å²) in [6, 6.07) is 2.40. The van der Waals surface area contributed by atoms with E-state index in [9.17, 15) is 4.79 Å². The van der Waals surface area contributed by atoms with Crippen molar-refractivity contribution in [2.24, 2.45) is 11.8 Å². The summed E-state index contributed by atoms with van der Waals surface area (Å²) in [5.74, 6) is 1.95. The molecule has 144 valence electrons. The maximum Gasteiger partial charge on any atom is 0.318 e. The van der Waals surface area contributed by atoms with E-state index in [2.05, 4.69) is 20.0 Å². The van der Waals surface area contributed by atoms with E-state index in [1.807, 2.05) is 42.6 Å². The summed E-state index contributed by atoms with van der Waals surface area (Å²) >= 11 is 0. The fourth-order valence-electron chi connectivity index (χ4n) is 4.18. The molecule has 0 radical (unpaired) electrons. The fraction of sp³-hybridized carbons (Fsp3) is 0.579. The Hall–Kier alpha value is -2.64. The number of ether oxygens (including phenoxy) is 1. The first-order valence-electron chi connectivity index (χ1n) is 9.46. The van der Waals surface area contributed by atoms with E-state index >= 15 is 0 Å². The summed E-state index contributed by atoms with van der Waals surface area (Å²) < 4.78 is 7.02. The number of carbonyl (C=O) groups excluding carboxylic acids is 1. The third-order valence-corrected chi connectivity index (χ3v) is 5.60. The number of amides is 1. The quantitative estimate of drug-likeness (QED) is 0.812. The Bertz CT molecular complexity index is 850. The van der Waals surface area contributed by atoms with E-state index in [1.165, 1.54) is 0 Å². The van der Waals surface area contributed by atoms with Gasteiger partial charge in [0.25, 0.3) is 5.91 Å². The van der Waals surface area contributed by atoms with Crippen LogP contribution in [0.2, 0.25) is 0 Å². The zero-order valence-electron chi connectivity index (χ0n) is 16.3. The van der Waals surface area contributed by atoms with Crippen LogP contribution in [0.1, 0.15) is 28.7 Å². The molecule has 2 aliphatic heterocycles. The Labute approximate surface area is 159 Å². The molecule has 2 aromatic rings. The monoisotopic (exact) mass is 370 g/mol. The Morgan fingerprint density at radius 2 is 1.89 bits per heavy atom. The number of rotatable bonds is 4. The highest BCUT2D eigenvalue weighted by Gasteiger charge is 2.42. The van der Waals surface area contributed by atoms with Crippen LogP contribution >= 0.6 is 0 Å². The zero-order valence-corrected chi connectivity index (χ0v) is 16.3. The highest BCUT2D eigenvalue weighted by Crippen LogP contribution is 2.34. The van der Waals surface area contributed by atoms with Crippen molar-refractivity contribution in [3.05, 3.63) is 29.2 Å². The van der Waals surface area contributed by atoms with Crippen molar-refractivity contribution >= 4 is 11.7 Å². The lowest BCUT2D eigenvalue weighted by Gasteiger charge is -2.22. The van der Waals surface area contributed by atoms with Gasteiger partial charge >= 0.3 is 6.01 Å². The van der Waals surface area contributed by atoms with Crippen molar-refractivity contribution in [3.8, 4) is 6.01 Å². The van der Waals surface area contributed by atoms with Crippen molar-refractivity contribution in [1.82, 2.24) is 24.6 Å². The molecular formula is C19H26N6O2. The highest BCUT2D eigenvalue weighted by atomic mass is 16.5. The molecule has 8 nitrogen and oxygen atoms in total. The number of aromatic nitrogens is 4. The Kier molecular flexibility index (Phi) is 4.49. The molecule has 2 atom stereocenters. The zero-order chi connectivity index (χ0) is 19.1. The SMILES string of the molecule is CCn1cc(C(=O)N2C[C@@H]3CN(c4cc(C)nc(OC)n4)C[C@@H]3C2)c(C)n1. The second-order valence-corrected chi connectivity index (χ2v) is 7.47. The van der Waals surface area contributed by atoms with Crippen LogP contribution in [0.5, 0.6) is 6.01 Å². The summed E-state index contributed by atoms with van der Waals surface area (Å²) in [5.41, 5.74) is 2.43. The number of anilines is 1. The predicted octanol–water partition coefficient (Wildman–Crippen LogP) is 1.53. The number of hydrogen-bond acceptors (Lipinski definition) is 6. The molecular weight excluding hydrogens is 344 g/mol. The molecule has 0 N–H and O–H groups in total. The standard InChI is InChI=1S/C19H26N6O2/c1-5-25-11-16(13(3)22-25)18(26)24-9-14-7-23(8-15(14)10-24)17-6-12(2)20-19(21-17)27-4/h6,11,14-15H,5,7-10H2,1-4H3/t14-,15+. The molecule has 27 heavy (non-hydrogen) atoms. The van der Waals surface area contributed by atoms with Gasteiger partial charge in [-0.15, -0.1) is 0 Å². The molecule has 0 bridgehead atoms.